The van der Waals surface area contributed by atoms with Gasteiger partial charge in [-0.05, 0) is 56.5 Å². The van der Waals surface area contributed by atoms with Gasteiger partial charge in [0.05, 0.1) is 29.6 Å². The molecule has 3 rings (SSSR count). The number of carbonyl (C=O) groups excluding carboxylic acids is 2. The fraction of sp³-hybridized carbons (Fsp3) is 0.360. The minimum atomic E-state index is -0.531. The minimum absolute atomic E-state index is 0.135. The normalized spacial score (nSPS) is 12.9. The zero-order valence-electron chi connectivity index (χ0n) is 19.2. The van der Waals surface area contributed by atoms with Crippen LogP contribution in [-0.4, -0.2) is 39.3 Å². The maximum Gasteiger partial charge on any atom is 0.272 e. The summed E-state index contributed by atoms with van der Waals surface area (Å²) in [6, 6.07) is 11.1. The van der Waals surface area contributed by atoms with Gasteiger partial charge in [-0.1, -0.05) is 19.9 Å². The number of anilines is 1. The average molecular weight is 450 g/mol. The van der Waals surface area contributed by atoms with E-state index in [-0.39, 0.29) is 17.5 Å². The zero-order valence-corrected chi connectivity index (χ0v) is 19.2. The number of aromatic nitrogens is 2. The monoisotopic (exact) mass is 449 g/mol. The molecule has 0 spiro atoms. The Kier molecular flexibility index (Phi) is 7.44. The zero-order chi connectivity index (χ0) is 24.1. The highest BCUT2D eigenvalue weighted by Crippen LogP contribution is 2.27. The van der Waals surface area contributed by atoms with Crippen LogP contribution in [0.2, 0.25) is 0 Å². The number of rotatable bonds is 8. The molecule has 0 fully saturated rings. The number of carbonyl (C=O) groups is 2. The van der Waals surface area contributed by atoms with Gasteiger partial charge in [-0.2, -0.15) is 5.26 Å². The minimum Gasteiger partial charge on any atom is -0.350 e. The summed E-state index contributed by atoms with van der Waals surface area (Å²) >= 11 is 0. The van der Waals surface area contributed by atoms with Crippen molar-refractivity contribution in [2.45, 2.75) is 46.1 Å². The van der Waals surface area contributed by atoms with Gasteiger partial charge in [0.25, 0.3) is 5.91 Å². The van der Waals surface area contributed by atoms with E-state index >= 15 is 0 Å². The lowest BCUT2D eigenvalue weighted by molar-refractivity contribution is -0.134. The van der Waals surface area contributed by atoms with Crippen LogP contribution >= 0.6 is 0 Å². The summed E-state index contributed by atoms with van der Waals surface area (Å²) in [5, 5.41) is 12.4. The number of H-pyrrole nitrogens is 1. The molecule has 0 radical (unpaired) electrons. The van der Waals surface area contributed by atoms with Gasteiger partial charge in [-0.25, -0.2) is 4.39 Å². The molecule has 1 aromatic carbocycles. The van der Waals surface area contributed by atoms with Gasteiger partial charge in [0.15, 0.2) is 0 Å². The number of halogens is 1. The van der Waals surface area contributed by atoms with Crippen LogP contribution in [0.15, 0.2) is 42.6 Å². The van der Waals surface area contributed by atoms with Gasteiger partial charge < -0.3 is 15.2 Å². The van der Waals surface area contributed by atoms with Crippen molar-refractivity contribution in [1.82, 2.24) is 14.9 Å². The Morgan fingerprint density at radius 3 is 2.58 bits per heavy atom. The number of hydrogen-bond acceptors (Lipinski definition) is 4. The van der Waals surface area contributed by atoms with Crippen molar-refractivity contribution in [3.05, 3.63) is 59.8 Å². The van der Waals surface area contributed by atoms with E-state index in [9.17, 15) is 19.2 Å². The van der Waals surface area contributed by atoms with Crippen LogP contribution in [-0.2, 0) is 4.79 Å². The summed E-state index contributed by atoms with van der Waals surface area (Å²) in [6.07, 6.45) is 2.09. The maximum absolute atomic E-state index is 13.9. The van der Waals surface area contributed by atoms with Gasteiger partial charge in [0, 0.05) is 17.4 Å². The molecule has 2 unspecified atom stereocenters. The van der Waals surface area contributed by atoms with E-state index in [1.165, 1.54) is 18.3 Å². The van der Waals surface area contributed by atoms with Crippen molar-refractivity contribution in [2.75, 3.05) is 11.9 Å². The van der Waals surface area contributed by atoms with Crippen molar-refractivity contribution in [1.29, 1.82) is 5.26 Å². The summed E-state index contributed by atoms with van der Waals surface area (Å²) in [5.41, 5.74) is 1.81. The molecule has 3 aromatic rings. The predicted molar refractivity (Wildman–Crippen MR) is 125 cm³/mol. The second kappa shape index (κ2) is 10.3. The molecular weight excluding hydrogens is 421 g/mol. The van der Waals surface area contributed by atoms with Crippen molar-refractivity contribution >= 4 is 28.4 Å². The van der Waals surface area contributed by atoms with Crippen molar-refractivity contribution < 1.29 is 14.0 Å². The number of hydrogen-bond donors (Lipinski definition) is 2. The number of benzene rings is 1. The van der Waals surface area contributed by atoms with E-state index in [0.29, 0.717) is 35.2 Å². The molecule has 0 aliphatic rings. The number of amides is 2. The van der Waals surface area contributed by atoms with E-state index in [1.54, 1.807) is 36.1 Å². The summed E-state index contributed by atoms with van der Waals surface area (Å²) < 4.78 is 13.9. The van der Waals surface area contributed by atoms with Crippen molar-refractivity contribution in [2.24, 2.45) is 5.92 Å². The SMILES string of the molecule is CCN(C(=O)C(CC(C)C)c1ccc(NC(=O)c2cc3c(F)cccc3[nH]2)cn1)C(C)C#N. The number of nitriles is 1. The lowest BCUT2D eigenvalue weighted by Crippen LogP contribution is -2.41. The van der Waals surface area contributed by atoms with E-state index in [1.807, 2.05) is 20.8 Å². The predicted octanol–water partition coefficient (Wildman–Crippen LogP) is 4.84. The van der Waals surface area contributed by atoms with E-state index < -0.39 is 23.7 Å². The third kappa shape index (κ3) is 5.37. The van der Waals surface area contributed by atoms with Crippen LogP contribution in [0.25, 0.3) is 10.9 Å². The Bertz CT molecular complexity index is 1180. The molecule has 0 saturated carbocycles. The molecule has 0 aliphatic heterocycles. The molecular formula is C25H28FN5O2. The standard InChI is InChI=1S/C25H28FN5O2/c1-5-31(16(4)13-27)25(33)19(11-15(2)3)21-10-9-17(14-28-21)29-24(32)23-12-18-20(26)7-6-8-22(18)30-23/h6-10,12,14-16,19,30H,5,11H2,1-4H3,(H,29,32). The number of nitrogens with one attached hydrogen (secondary N) is 2. The molecule has 172 valence electrons. The van der Waals surface area contributed by atoms with Gasteiger partial charge in [-0.3, -0.25) is 14.6 Å². The largest absolute Gasteiger partial charge is 0.350 e. The number of aromatic amines is 1. The number of fused-ring (bicyclic) bond motifs is 1. The third-order valence-electron chi connectivity index (χ3n) is 5.54. The highest BCUT2D eigenvalue weighted by molar-refractivity contribution is 6.05. The Morgan fingerprint density at radius 1 is 1.24 bits per heavy atom. The first-order valence-electron chi connectivity index (χ1n) is 11.0. The molecule has 2 heterocycles. The first-order valence-corrected chi connectivity index (χ1v) is 11.0. The van der Waals surface area contributed by atoms with E-state index in [4.69, 9.17) is 0 Å². The smallest absolute Gasteiger partial charge is 0.272 e. The topological polar surface area (TPSA) is 102 Å². The number of pyridine rings is 1. The fourth-order valence-electron chi connectivity index (χ4n) is 3.83. The maximum atomic E-state index is 13.9. The molecule has 33 heavy (non-hydrogen) atoms. The van der Waals surface area contributed by atoms with Gasteiger partial charge in [-0.15, -0.1) is 0 Å². The number of nitrogens with zero attached hydrogens (tertiary/aromatic N) is 3. The van der Waals surface area contributed by atoms with E-state index in [0.717, 1.165) is 0 Å². The third-order valence-corrected chi connectivity index (χ3v) is 5.54. The Morgan fingerprint density at radius 2 is 2.00 bits per heavy atom. The van der Waals surface area contributed by atoms with Crippen LogP contribution < -0.4 is 5.32 Å². The molecule has 7 nitrogen and oxygen atoms in total. The van der Waals surface area contributed by atoms with Gasteiger partial charge >= 0.3 is 0 Å². The molecule has 0 bridgehead atoms. The molecule has 2 amide bonds. The van der Waals surface area contributed by atoms with Crippen LogP contribution in [0.1, 0.15) is 56.2 Å². The summed E-state index contributed by atoms with van der Waals surface area (Å²) in [7, 11) is 0. The second-order valence-electron chi connectivity index (χ2n) is 8.42. The average Bonchev–Trinajstić information content (AvgIpc) is 3.24. The Balaban J connectivity index is 1.79. The summed E-state index contributed by atoms with van der Waals surface area (Å²) in [4.78, 5) is 34.7. The van der Waals surface area contributed by atoms with Gasteiger partial charge in [0.2, 0.25) is 5.91 Å². The molecule has 2 N–H and O–H groups in total. The lowest BCUT2D eigenvalue weighted by Gasteiger charge is -2.28. The van der Waals surface area contributed by atoms with Crippen molar-refractivity contribution in [3.63, 3.8) is 0 Å². The highest BCUT2D eigenvalue weighted by atomic mass is 19.1. The van der Waals surface area contributed by atoms with Gasteiger partial charge in [0.1, 0.15) is 17.6 Å². The molecule has 0 saturated heterocycles. The van der Waals surface area contributed by atoms with Crippen LogP contribution in [0, 0.1) is 23.1 Å². The quantitative estimate of drug-likeness (QED) is 0.513. The lowest BCUT2D eigenvalue weighted by atomic mass is 9.92. The Hall–Kier alpha value is -3.73. The molecule has 8 heteroatoms. The molecule has 0 aliphatic carbocycles. The first kappa shape index (κ1) is 23.9. The van der Waals surface area contributed by atoms with E-state index in [2.05, 4.69) is 21.4 Å². The first-order chi connectivity index (χ1) is 15.7. The fourth-order valence-corrected chi connectivity index (χ4v) is 3.83. The molecule has 2 aromatic heterocycles. The Labute approximate surface area is 192 Å². The van der Waals surface area contributed by atoms with Crippen LogP contribution in [0.4, 0.5) is 10.1 Å². The number of likely N-dealkylation sites (N-methyl/N-ethyl adjacent to an activating group) is 1. The van der Waals surface area contributed by atoms with Crippen LogP contribution in [0.5, 0.6) is 0 Å². The summed E-state index contributed by atoms with van der Waals surface area (Å²) in [5.74, 6) is -1.19. The summed E-state index contributed by atoms with van der Waals surface area (Å²) in [6.45, 7) is 8.04. The molecule has 2 atom stereocenters. The second-order valence-corrected chi connectivity index (χ2v) is 8.42. The van der Waals surface area contributed by atoms with Crippen molar-refractivity contribution in [3.8, 4) is 6.07 Å². The van der Waals surface area contributed by atoms with Crippen LogP contribution in [0.3, 0.4) is 0 Å². The highest BCUT2D eigenvalue weighted by Gasteiger charge is 2.29.